The second-order valence-corrected chi connectivity index (χ2v) is 6.17. The van der Waals surface area contributed by atoms with Crippen LogP contribution in [0.3, 0.4) is 0 Å². The van der Waals surface area contributed by atoms with Gasteiger partial charge in [-0.3, -0.25) is 0 Å². The van der Waals surface area contributed by atoms with Crippen molar-refractivity contribution in [1.82, 2.24) is 5.32 Å². The number of hydrogen-bond donors (Lipinski definition) is 1. The van der Waals surface area contributed by atoms with Crippen LogP contribution in [0.4, 0.5) is 0 Å². The van der Waals surface area contributed by atoms with E-state index in [9.17, 15) is 0 Å². The van der Waals surface area contributed by atoms with Gasteiger partial charge in [0.05, 0.1) is 0 Å². The maximum Gasteiger partial charge on any atom is 0.0118 e. The zero-order valence-electron chi connectivity index (χ0n) is 12.4. The zero-order chi connectivity index (χ0) is 12.6. The average molecular weight is 227 g/mol. The second-order valence-electron chi connectivity index (χ2n) is 6.17. The molecule has 0 heterocycles. The van der Waals surface area contributed by atoms with Crippen molar-refractivity contribution in [1.29, 1.82) is 0 Å². The molecular formula is C15H33N. The highest BCUT2D eigenvalue weighted by molar-refractivity contribution is 4.83. The van der Waals surface area contributed by atoms with E-state index in [-0.39, 0.29) is 0 Å². The fourth-order valence-corrected chi connectivity index (χ4v) is 2.06. The fraction of sp³-hybridized carbons (Fsp3) is 1.00. The molecule has 0 aromatic rings. The van der Waals surface area contributed by atoms with Crippen LogP contribution in [-0.4, -0.2) is 12.6 Å². The SMILES string of the molecule is CCCNC(CCCC(C)C)C(C)(C)CC. The molecule has 1 nitrogen and oxygen atoms in total. The van der Waals surface area contributed by atoms with Crippen molar-refractivity contribution in [3.05, 3.63) is 0 Å². The van der Waals surface area contributed by atoms with Crippen molar-refractivity contribution in [3.63, 3.8) is 0 Å². The molecule has 98 valence electrons. The summed E-state index contributed by atoms with van der Waals surface area (Å²) < 4.78 is 0. The summed E-state index contributed by atoms with van der Waals surface area (Å²) in [6, 6.07) is 0.691. The normalized spacial score (nSPS) is 14.4. The number of hydrogen-bond acceptors (Lipinski definition) is 1. The van der Waals surface area contributed by atoms with E-state index >= 15 is 0 Å². The summed E-state index contributed by atoms with van der Waals surface area (Å²) in [4.78, 5) is 0. The molecule has 0 aromatic carbocycles. The van der Waals surface area contributed by atoms with Gasteiger partial charge in [-0.25, -0.2) is 0 Å². The van der Waals surface area contributed by atoms with E-state index in [4.69, 9.17) is 0 Å². The zero-order valence-corrected chi connectivity index (χ0v) is 12.4. The van der Waals surface area contributed by atoms with E-state index < -0.39 is 0 Å². The lowest BCUT2D eigenvalue weighted by atomic mass is 9.79. The highest BCUT2D eigenvalue weighted by Crippen LogP contribution is 2.28. The van der Waals surface area contributed by atoms with Crippen LogP contribution in [-0.2, 0) is 0 Å². The first-order valence-electron chi connectivity index (χ1n) is 7.17. The van der Waals surface area contributed by atoms with Gasteiger partial charge >= 0.3 is 0 Å². The van der Waals surface area contributed by atoms with Crippen molar-refractivity contribution in [2.45, 2.75) is 79.7 Å². The van der Waals surface area contributed by atoms with Crippen molar-refractivity contribution < 1.29 is 0 Å². The molecular weight excluding hydrogens is 194 g/mol. The lowest BCUT2D eigenvalue weighted by Crippen LogP contribution is -2.42. The molecule has 1 heteroatoms. The third-order valence-electron chi connectivity index (χ3n) is 3.77. The highest BCUT2D eigenvalue weighted by Gasteiger charge is 2.26. The Hall–Kier alpha value is -0.0400. The van der Waals surface area contributed by atoms with E-state index in [1.165, 1.54) is 32.1 Å². The van der Waals surface area contributed by atoms with Crippen LogP contribution < -0.4 is 5.32 Å². The maximum atomic E-state index is 3.73. The molecule has 0 fully saturated rings. The molecule has 1 atom stereocenters. The Bertz CT molecular complexity index is 161. The Morgan fingerprint density at radius 2 is 1.69 bits per heavy atom. The molecule has 0 radical (unpaired) electrons. The van der Waals surface area contributed by atoms with Crippen LogP contribution in [0.15, 0.2) is 0 Å². The quantitative estimate of drug-likeness (QED) is 0.606. The summed E-state index contributed by atoms with van der Waals surface area (Å²) >= 11 is 0. The van der Waals surface area contributed by atoms with E-state index in [2.05, 4.69) is 46.9 Å². The molecule has 0 rings (SSSR count). The van der Waals surface area contributed by atoms with Crippen LogP contribution in [0.1, 0.15) is 73.6 Å². The second kappa shape index (κ2) is 8.11. The summed E-state index contributed by atoms with van der Waals surface area (Å²) in [6.45, 7) is 15.2. The molecule has 0 aliphatic heterocycles. The van der Waals surface area contributed by atoms with Crippen LogP contribution >= 0.6 is 0 Å². The van der Waals surface area contributed by atoms with E-state index in [1.54, 1.807) is 0 Å². The van der Waals surface area contributed by atoms with Gasteiger partial charge < -0.3 is 5.32 Å². The largest absolute Gasteiger partial charge is 0.313 e. The molecule has 0 aliphatic carbocycles. The monoisotopic (exact) mass is 227 g/mol. The lowest BCUT2D eigenvalue weighted by Gasteiger charge is -2.34. The molecule has 0 saturated heterocycles. The van der Waals surface area contributed by atoms with Gasteiger partial charge in [-0.05, 0) is 37.1 Å². The van der Waals surface area contributed by atoms with Gasteiger partial charge in [0.1, 0.15) is 0 Å². The molecule has 0 aromatic heterocycles. The number of nitrogens with one attached hydrogen (secondary N) is 1. The lowest BCUT2D eigenvalue weighted by molar-refractivity contribution is 0.214. The Balaban J connectivity index is 4.10. The predicted octanol–water partition coefficient (Wildman–Crippen LogP) is 4.62. The molecule has 0 bridgehead atoms. The minimum absolute atomic E-state index is 0.437. The van der Waals surface area contributed by atoms with E-state index in [1.807, 2.05) is 0 Å². The molecule has 0 aliphatic rings. The summed E-state index contributed by atoms with van der Waals surface area (Å²) in [5.74, 6) is 0.844. The van der Waals surface area contributed by atoms with E-state index in [0.29, 0.717) is 11.5 Å². The summed E-state index contributed by atoms with van der Waals surface area (Å²) in [5, 5.41) is 3.73. The van der Waals surface area contributed by atoms with Crippen LogP contribution in [0.25, 0.3) is 0 Å². The Kier molecular flexibility index (Phi) is 8.09. The van der Waals surface area contributed by atoms with Crippen molar-refractivity contribution in [2.75, 3.05) is 6.54 Å². The number of rotatable bonds is 9. The topological polar surface area (TPSA) is 12.0 Å². The van der Waals surface area contributed by atoms with Gasteiger partial charge in [0.25, 0.3) is 0 Å². The molecule has 0 amide bonds. The van der Waals surface area contributed by atoms with Gasteiger partial charge in [-0.1, -0.05) is 54.4 Å². The third kappa shape index (κ3) is 6.52. The van der Waals surface area contributed by atoms with Gasteiger partial charge in [-0.15, -0.1) is 0 Å². The van der Waals surface area contributed by atoms with Crippen LogP contribution in [0.5, 0.6) is 0 Å². The highest BCUT2D eigenvalue weighted by atomic mass is 14.9. The molecule has 1 unspecified atom stereocenters. The van der Waals surface area contributed by atoms with Crippen molar-refractivity contribution in [2.24, 2.45) is 11.3 Å². The Labute approximate surface area is 103 Å². The predicted molar refractivity (Wildman–Crippen MR) is 74.8 cm³/mol. The summed E-state index contributed by atoms with van der Waals surface area (Å²) in [6.07, 6.45) is 6.56. The first-order valence-corrected chi connectivity index (χ1v) is 7.17. The Morgan fingerprint density at radius 1 is 1.06 bits per heavy atom. The van der Waals surface area contributed by atoms with Crippen molar-refractivity contribution >= 4 is 0 Å². The molecule has 1 N–H and O–H groups in total. The first-order chi connectivity index (χ1) is 7.44. The van der Waals surface area contributed by atoms with E-state index in [0.717, 1.165) is 12.5 Å². The van der Waals surface area contributed by atoms with Gasteiger partial charge in [0.15, 0.2) is 0 Å². The summed E-state index contributed by atoms with van der Waals surface area (Å²) in [7, 11) is 0. The van der Waals surface area contributed by atoms with Crippen molar-refractivity contribution in [3.8, 4) is 0 Å². The van der Waals surface area contributed by atoms with Crippen LogP contribution in [0, 0.1) is 11.3 Å². The molecule has 16 heavy (non-hydrogen) atoms. The Morgan fingerprint density at radius 3 is 2.12 bits per heavy atom. The first kappa shape index (κ1) is 16.0. The molecule has 0 saturated carbocycles. The fourth-order valence-electron chi connectivity index (χ4n) is 2.06. The van der Waals surface area contributed by atoms with Crippen LogP contribution in [0.2, 0.25) is 0 Å². The average Bonchev–Trinajstić information content (AvgIpc) is 2.22. The third-order valence-corrected chi connectivity index (χ3v) is 3.77. The van der Waals surface area contributed by atoms with Gasteiger partial charge in [0.2, 0.25) is 0 Å². The van der Waals surface area contributed by atoms with Gasteiger partial charge in [-0.2, -0.15) is 0 Å². The smallest absolute Gasteiger partial charge is 0.0118 e. The minimum Gasteiger partial charge on any atom is -0.313 e. The minimum atomic E-state index is 0.437. The molecule has 0 spiro atoms. The standard InChI is InChI=1S/C15H33N/c1-7-12-16-14(15(5,6)8-2)11-9-10-13(3)4/h13-14,16H,7-12H2,1-6H3. The van der Waals surface area contributed by atoms with Gasteiger partial charge in [0, 0.05) is 6.04 Å². The summed E-state index contributed by atoms with van der Waals surface area (Å²) in [5.41, 5.74) is 0.437. The maximum absolute atomic E-state index is 3.73.